The van der Waals surface area contributed by atoms with Gasteiger partial charge in [0.1, 0.15) is 0 Å². The van der Waals surface area contributed by atoms with Crippen molar-refractivity contribution >= 4 is 0 Å². The Bertz CT molecular complexity index is 195. The molecule has 1 saturated heterocycles. The van der Waals surface area contributed by atoms with Crippen LogP contribution in [0.5, 0.6) is 0 Å². The minimum absolute atomic E-state index is 0.388. The molecule has 90 valence electrons. The summed E-state index contributed by atoms with van der Waals surface area (Å²) in [6.45, 7) is 7.74. The monoisotopic (exact) mass is 213 g/mol. The van der Waals surface area contributed by atoms with E-state index < -0.39 is 0 Å². The van der Waals surface area contributed by atoms with Crippen molar-refractivity contribution in [1.29, 1.82) is 0 Å². The Balaban J connectivity index is 2.45. The summed E-state index contributed by atoms with van der Waals surface area (Å²) in [6, 6.07) is 0.526. The molecule has 15 heavy (non-hydrogen) atoms. The lowest BCUT2D eigenvalue weighted by Crippen LogP contribution is -2.48. The van der Waals surface area contributed by atoms with Crippen LogP contribution in [0, 0.1) is 5.92 Å². The highest BCUT2D eigenvalue weighted by Crippen LogP contribution is 2.32. The summed E-state index contributed by atoms with van der Waals surface area (Å²) in [5, 5.41) is 10.5. The van der Waals surface area contributed by atoms with Gasteiger partial charge in [-0.2, -0.15) is 0 Å². The summed E-state index contributed by atoms with van der Waals surface area (Å²) in [5.74, 6) is 0.663. The molecule has 0 aromatic heterocycles. The molecule has 1 heterocycles. The Kier molecular flexibility index (Phi) is 4.60. The molecule has 3 unspecified atom stereocenters. The molecule has 1 rings (SSSR count). The average Bonchev–Trinajstić information content (AvgIpc) is 2.12. The number of hydrogen-bond donors (Lipinski definition) is 1. The highest BCUT2D eigenvalue weighted by atomic mass is 16.3. The molecule has 1 aliphatic heterocycles. The quantitative estimate of drug-likeness (QED) is 0.776. The zero-order valence-electron chi connectivity index (χ0n) is 10.8. The zero-order chi connectivity index (χ0) is 11.5. The van der Waals surface area contributed by atoms with Crippen LogP contribution in [0.2, 0.25) is 0 Å². The zero-order valence-corrected chi connectivity index (χ0v) is 10.8. The van der Waals surface area contributed by atoms with E-state index in [4.69, 9.17) is 0 Å². The lowest BCUT2D eigenvalue weighted by atomic mass is 9.80. The van der Waals surface area contributed by atoms with Crippen LogP contribution >= 0.6 is 0 Å². The lowest BCUT2D eigenvalue weighted by molar-refractivity contribution is -0.0516. The standard InChI is InChI=1S/C13H27NO/c1-5-6-11(2)9-13(15)7-8-14(4)12(3)10-13/h11-12,15H,5-10H2,1-4H3. The second-order valence-corrected chi connectivity index (χ2v) is 5.61. The molecule has 0 aliphatic carbocycles. The highest BCUT2D eigenvalue weighted by Gasteiger charge is 2.35. The SMILES string of the molecule is CCCC(C)CC1(O)CCN(C)C(C)C1. The fraction of sp³-hybridized carbons (Fsp3) is 1.00. The van der Waals surface area contributed by atoms with E-state index in [1.807, 2.05) is 0 Å². The van der Waals surface area contributed by atoms with Crippen LogP contribution in [0.15, 0.2) is 0 Å². The summed E-state index contributed by atoms with van der Waals surface area (Å²) in [6.07, 6.45) is 5.34. The molecule has 0 saturated carbocycles. The first-order valence-corrected chi connectivity index (χ1v) is 6.39. The van der Waals surface area contributed by atoms with Gasteiger partial charge in [0.25, 0.3) is 0 Å². The van der Waals surface area contributed by atoms with Gasteiger partial charge >= 0.3 is 0 Å². The largest absolute Gasteiger partial charge is 0.390 e. The minimum Gasteiger partial charge on any atom is -0.390 e. The van der Waals surface area contributed by atoms with Gasteiger partial charge in [-0.25, -0.2) is 0 Å². The predicted octanol–water partition coefficient (Wildman–Crippen LogP) is 2.66. The Morgan fingerprint density at radius 1 is 1.53 bits per heavy atom. The Labute approximate surface area is 94.7 Å². The van der Waals surface area contributed by atoms with Crippen LogP contribution in [0.1, 0.15) is 52.9 Å². The van der Waals surface area contributed by atoms with Crippen LogP contribution in [-0.2, 0) is 0 Å². The first kappa shape index (κ1) is 13.0. The summed E-state index contributed by atoms with van der Waals surface area (Å²) in [5.41, 5.74) is -0.388. The summed E-state index contributed by atoms with van der Waals surface area (Å²) < 4.78 is 0. The molecule has 0 aromatic rings. The number of likely N-dealkylation sites (tertiary alicyclic amines) is 1. The molecule has 2 nitrogen and oxygen atoms in total. The maximum atomic E-state index is 10.5. The van der Waals surface area contributed by atoms with E-state index in [0.717, 1.165) is 25.8 Å². The van der Waals surface area contributed by atoms with Gasteiger partial charge in [-0.05, 0) is 39.2 Å². The van der Waals surface area contributed by atoms with E-state index in [1.54, 1.807) is 0 Å². The van der Waals surface area contributed by atoms with Crippen LogP contribution < -0.4 is 0 Å². The van der Waals surface area contributed by atoms with Crippen LogP contribution in [-0.4, -0.2) is 35.2 Å². The van der Waals surface area contributed by atoms with Gasteiger partial charge in [-0.3, -0.25) is 0 Å². The van der Waals surface area contributed by atoms with Crippen LogP contribution in [0.4, 0.5) is 0 Å². The van der Waals surface area contributed by atoms with Gasteiger partial charge in [-0.15, -0.1) is 0 Å². The molecule has 0 amide bonds. The number of aliphatic hydroxyl groups is 1. The van der Waals surface area contributed by atoms with E-state index >= 15 is 0 Å². The van der Waals surface area contributed by atoms with Crippen molar-refractivity contribution in [3.63, 3.8) is 0 Å². The number of rotatable bonds is 4. The highest BCUT2D eigenvalue weighted by molar-refractivity contribution is 4.90. The Morgan fingerprint density at radius 3 is 2.73 bits per heavy atom. The van der Waals surface area contributed by atoms with E-state index in [0.29, 0.717) is 12.0 Å². The second kappa shape index (κ2) is 5.31. The van der Waals surface area contributed by atoms with Crippen molar-refractivity contribution in [1.82, 2.24) is 4.90 Å². The molecule has 0 radical (unpaired) electrons. The molecule has 0 spiro atoms. The molecule has 0 aromatic carbocycles. The van der Waals surface area contributed by atoms with Gasteiger partial charge in [0.2, 0.25) is 0 Å². The van der Waals surface area contributed by atoms with Crippen LogP contribution in [0.3, 0.4) is 0 Å². The third-order valence-electron chi connectivity index (χ3n) is 3.87. The normalized spacial score (nSPS) is 35.4. The fourth-order valence-electron chi connectivity index (χ4n) is 2.84. The smallest absolute Gasteiger partial charge is 0.0677 e. The van der Waals surface area contributed by atoms with Crippen molar-refractivity contribution in [3.05, 3.63) is 0 Å². The molecule has 1 fully saturated rings. The number of nitrogens with zero attached hydrogens (tertiary/aromatic N) is 1. The third-order valence-corrected chi connectivity index (χ3v) is 3.87. The molecule has 2 heteroatoms. The van der Waals surface area contributed by atoms with Crippen molar-refractivity contribution in [2.75, 3.05) is 13.6 Å². The average molecular weight is 213 g/mol. The lowest BCUT2D eigenvalue weighted by Gasteiger charge is -2.42. The topological polar surface area (TPSA) is 23.5 Å². The second-order valence-electron chi connectivity index (χ2n) is 5.61. The Hall–Kier alpha value is -0.0800. The van der Waals surface area contributed by atoms with E-state index in [9.17, 15) is 5.11 Å². The maximum absolute atomic E-state index is 10.5. The van der Waals surface area contributed by atoms with Gasteiger partial charge in [0.05, 0.1) is 5.60 Å². The van der Waals surface area contributed by atoms with Crippen molar-refractivity contribution in [3.8, 4) is 0 Å². The van der Waals surface area contributed by atoms with E-state index in [1.165, 1.54) is 12.8 Å². The number of piperidine rings is 1. The molecular formula is C13H27NO. The number of hydrogen-bond acceptors (Lipinski definition) is 2. The maximum Gasteiger partial charge on any atom is 0.0677 e. The van der Waals surface area contributed by atoms with E-state index in [-0.39, 0.29) is 5.60 Å². The van der Waals surface area contributed by atoms with Gasteiger partial charge in [0, 0.05) is 12.6 Å². The third kappa shape index (κ3) is 3.76. The predicted molar refractivity (Wildman–Crippen MR) is 65.0 cm³/mol. The van der Waals surface area contributed by atoms with E-state index in [2.05, 4.69) is 32.7 Å². The molecule has 1 N–H and O–H groups in total. The van der Waals surface area contributed by atoms with Crippen molar-refractivity contribution in [2.24, 2.45) is 5.92 Å². The van der Waals surface area contributed by atoms with Crippen molar-refractivity contribution < 1.29 is 5.11 Å². The van der Waals surface area contributed by atoms with Crippen molar-refractivity contribution in [2.45, 2.75) is 64.5 Å². The summed E-state index contributed by atoms with van der Waals surface area (Å²) in [7, 11) is 2.15. The van der Waals surface area contributed by atoms with Gasteiger partial charge < -0.3 is 10.0 Å². The van der Waals surface area contributed by atoms with Gasteiger partial charge in [0.15, 0.2) is 0 Å². The van der Waals surface area contributed by atoms with Gasteiger partial charge in [-0.1, -0.05) is 26.7 Å². The molecule has 1 aliphatic rings. The van der Waals surface area contributed by atoms with Crippen LogP contribution in [0.25, 0.3) is 0 Å². The Morgan fingerprint density at radius 2 is 2.20 bits per heavy atom. The molecule has 3 atom stereocenters. The molecular weight excluding hydrogens is 186 g/mol. The first-order valence-electron chi connectivity index (χ1n) is 6.39. The summed E-state index contributed by atoms with van der Waals surface area (Å²) in [4.78, 5) is 2.35. The molecule has 0 bridgehead atoms. The first-order chi connectivity index (χ1) is 6.97. The minimum atomic E-state index is -0.388. The fourth-order valence-corrected chi connectivity index (χ4v) is 2.84. The summed E-state index contributed by atoms with van der Waals surface area (Å²) >= 11 is 0.